The molecular weight excluding hydrogens is 488 g/mol. The highest BCUT2D eigenvalue weighted by atomic mass is 32.3. The summed E-state index contributed by atoms with van der Waals surface area (Å²) in [5, 5.41) is 3.88. The zero-order valence-corrected chi connectivity index (χ0v) is 17.4. The van der Waals surface area contributed by atoms with Gasteiger partial charge in [-0.2, -0.15) is 43.9 Å². The van der Waals surface area contributed by atoms with E-state index in [0.717, 1.165) is 0 Å². The van der Waals surface area contributed by atoms with Crippen LogP contribution >= 0.6 is 0 Å². The molecule has 29 heavy (non-hydrogen) atoms. The summed E-state index contributed by atoms with van der Waals surface area (Å²) in [6.45, 7) is -0.0289. The third-order valence-electron chi connectivity index (χ3n) is 1.68. The first-order chi connectivity index (χ1) is 12.6. The van der Waals surface area contributed by atoms with Crippen LogP contribution in [0.1, 0.15) is 0 Å². The molecule has 0 aliphatic carbocycles. The second-order valence-corrected chi connectivity index (χ2v) is 9.23. The van der Waals surface area contributed by atoms with E-state index in [-0.39, 0.29) is 17.2 Å². The molecule has 0 bridgehead atoms. The van der Waals surface area contributed by atoms with Crippen LogP contribution in [0.5, 0.6) is 0 Å². The van der Waals surface area contributed by atoms with Crippen molar-refractivity contribution in [3.05, 3.63) is 24.3 Å². The van der Waals surface area contributed by atoms with E-state index in [1.54, 1.807) is 0 Å². The maximum absolute atomic E-state index is 10.5. The molecule has 1 aromatic rings. The van der Waals surface area contributed by atoms with E-state index in [1.165, 1.54) is 24.3 Å². The summed E-state index contributed by atoms with van der Waals surface area (Å²) in [4.78, 5) is -0.147. The van der Waals surface area contributed by atoms with Crippen LogP contribution in [0.4, 0.5) is 5.69 Å². The van der Waals surface area contributed by atoms with Crippen LogP contribution in [0, 0.1) is 0 Å². The van der Waals surface area contributed by atoms with Gasteiger partial charge in [0.15, 0.2) is 0 Å². The van der Waals surface area contributed by atoms with Crippen LogP contribution in [-0.2, 0) is 45.2 Å². The molecular formula is C8H20N4O13S4. The standard InChI is InChI=1S/C6H7NO3S.C2H7NO3S.H3NO4S.H3NO3S/c7-5-1-3-6(4-2-5)11(8,9)10;3-1-2-7(4,5)6;1-5-6(2,3)4;1-5(2,3)4/h1-4H,7H2,(H,8,9,10);1-3H2,(H,4,5,6);1H2,(H,2,3,4);(H3,1,2,3,4). The highest BCUT2D eigenvalue weighted by Gasteiger charge is 2.07. The zero-order chi connectivity index (χ0) is 24.1. The number of rotatable bonds is 4. The average Bonchev–Trinajstić information content (AvgIpc) is 2.44. The van der Waals surface area contributed by atoms with Gasteiger partial charge in [0.2, 0.25) is 0 Å². The summed E-state index contributed by atoms with van der Waals surface area (Å²) in [6, 6.07) is 5.29. The van der Waals surface area contributed by atoms with Crippen LogP contribution in [0.15, 0.2) is 29.2 Å². The fourth-order valence-corrected chi connectivity index (χ4v) is 1.57. The van der Waals surface area contributed by atoms with Gasteiger partial charge in [-0.05, 0) is 24.3 Å². The Morgan fingerprint density at radius 1 is 0.828 bits per heavy atom. The maximum atomic E-state index is 10.5. The van der Waals surface area contributed by atoms with Gasteiger partial charge >= 0.3 is 20.7 Å². The normalized spacial score (nSPS) is 11.6. The molecule has 0 saturated carbocycles. The third-order valence-corrected chi connectivity index (χ3v) is 3.54. The van der Waals surface area contributed by atoms with Gasteiger partial charge in [0.05, 0.1) is 10.6 Å². The van der Waals surface area contributed by atoms with Crippen molar-refractivity contribution < 1.29 is 56.2 Å². The highest BCUT2D eigenvalue weighted by molar-refractivity contribution is 7.86. The van der Waals surface area contributed by atoms with Crippen molar-refractivity contribution in [2.24, 2.45) is 16.8 Å². The molecule has 0 aliphatic rings. The largest absolute Gasteiger partial charge is 0.413 e. The lowest BCUT2D eigenvalue weighted by Crippen LogP contribution is -2.13. The number of hydrogen-bond acceptors (Lipinski definition) is 12. The van der Waals surface area contributed by atoms with Crippen molar-refractivity contribution in [3.8, 4) is 0 Å². The fraction of sp³-hybridized carbons (Fsp3) is 0.250. The van der Waals surface area contributed by atoms with Crippen LogP contribution in [0.2, 0.25) is 0 Å². The molecule has 0 atom stereocenters. The van der Waals surface area contributed by atoms with Gasteiger partial charge in [-0.3, -0.25) is 18.2 Å². The van der Waals surface area contributed by atoms with Crippen LogP contribution in [-0.4, -0.2) is 64.2 Å². The van der Waals surface area contributed by atoms with Gasteiger partial charge in [-0.25, -0.2) is 5.14 Å². The maximum Gasteiger partial charge on any atom is 0.413 e. The predicted molar refractivity (Wildman–Crippen MR) is 98.7 cm³/mol. The lowest BCUT2D eigenvalue weighted by molar-refractivity contribution is 0.277. The average molecular weight is 509 g/mol. The third kappa shape index (κ3) is 34.4. The summed E-state index contributed by atoms with van der Waals surface area (Å²) >= 11 is 0. The Morgan fingerprint density at radius 2 is 1.14 bits per heavy atom. The molecule has 0 radical (unpaired) electrons. The molecule has 1 rings (SSSR count). The van der Waals surface area contributed by atoms with Crippen molar-refractivity contribution in [2.75, 3.05) is 18.0 Å². The fourth-order valence-electron chi connectivity index (χ4n) is 0.789. The first-order valence-corrected chi connectivity index (χ1v) is 12.1. The van der Waals surface area contributed by atoms with Crippen molar-refractivity contribution in [1.82, 2.24) is 0 Å². The lowest BCUT2D eigenvalue weighted by atomic mass is 10.3. The topological polar surface area (TPSA) is 331 Å². The second kappa shape index (κ2) is 13.7. The number of nitrogen functional groups attached to an aromatic ring is 1. The van der Waals surface area contributed by atoms with Crippen LogP contribution in [0.25, 0.3) is 0 Å². The molecule has 17 nitrogen and oxygen atoms in total. The van der Waals surface area contributed by atoms with Gasteiger partial charge in [0.1, 0.15) is 0 Å². The molecule has 21 heteroatoms. The number of anilines is 1. The molecule has 0 fully saturated rings. The minimum absolute atomic E-state index is 0.0289. The minimum Gasteiger partial charge on any atom is -0.399 e. The van der Waals surface area contributed by atoms with Gasteiger partial charge < -0.3 is 11.5 Å². The Morgan fingerprint density at radius 3 is 1.28 bits per heavy atom. The molecule has 0 spiro atoms. The van der Waals surface area contributed by atoms with Crippen LogP contribution < -0.4 is 22.5 Å². The molecule has 0 amide bonds. The Kier molecular flexibility index (Phi) is 15.2. The molecule has 0 saturated heterocycles. The monoisotopic (exact) mass is 508 g/mol. The first kappa shape index (κ1) is 32.2. The summed E-state index contributed by atoms with van der Waals surface area (Å²) in [5.41, 5.74) is 10.5. The number of nitrogens with two attached hydrogens (primary N) is 4. The first-order valence-electron chi connectivity index (χ1n) is 6.21. The molecule has 1 aromatic carbocycles. The van der Waals surface area contributed by atoms with E-state index >= 15 is 0 Å². The highest BCUT2D eigenvalue weighted by Crippen LogP contribution is 2.10. The van der Waals surface area contributed by atoms with Gasteiger partial charge in [-0.1, -0.05) is 0 Å². The van der Waals surface area contributed by atoms with Crippen molar-refractivity contribution >= 4 is 46.6 Å². The van der Waals surface area contributed by atoms with Gasteiger partial charge in [0, 0.05) is 12.2 Å². The van der Waals surface area contributed by atoms with Gasteiger partial charge in [0.25, 0.3) is 20.2 Å². The second-order valence-electron chi connectivity index (χ2n) is 4.16. The minimum atomic E-state index is -4.38. The van der Waals surface area contributed by atoms with Crippen molar-refractivity contribution in [1.29, 1.82) is 0 Å². The van der Waals surface area contributed by atoms with E-state index in [1.807, 2.05) is 0 Å². The van der Waals surface area contributed by atoms with E-state index in [9.17, 15) is 25.3 Å². The molecule has 0 aliphatic heterocycles. The molecule has 174 valence electrons. The smallest absolute Gasteiger partial charge is 0.399 e. The Bertz CT molecular complexity index is 993. The molecule has 0 heterocycles. The van der Waals surface area contributed by atoms with E-state index in [4.69, 9.17) is 38.1 Å². The summed E-state index contributed by atoms with van der Waals surface area (Å²) in [5.74, 6) is 3.61. The van der Waals surface area contributed by atoms with Crippen LogP contribution in [0.3, 0.4) is 0 Å². The van der Waals surface area contributed by atoms with E-state index in [0.29, 0.717) is 5.69 Å². The quantitative estimate of drug-likeness (QED) is 0.112. The molecule has 0 aromatic heterocycles. The number of benzene rings is 1. The SMILES string of the molecule is NCCS(=O)(=O)O.NOS(=O)(=O)O.NS(=O)(=O)O.Nc1ccc(S(=O)(=O)O)cc1. The number of hydrogen-bond donors (Lipinski definition) is 8. The lowest BCUT2D eigenvalue weighted by Gasteiger charge is -1.95. The zero-order valence-electron chi connectivity index (χ0n) is 14.1. The van der Waals surface area contributed by atoms with E-state index < -0.39 is 40.9 Å². The van der Waals surface area contributed by atoms with E-state index in [2.05, 4.69) is 15.3 Å². The van der Waals surface area contributed by atoms with Gasteiger partial charge in [-0.15, -0.1) is 0 Å². The Balaban J connectivity index is -0.000000330. The predicted octanol–water partition coefficient (Wildman–Crippen LogP) is -3.22. The van der Waals surface area contributed by atoms with Crippen molar-refractivity contribution in [3.63, 3.8) is 0 Å². The summed E-state index contributed by atoms with van der Waals surface area (Å²) in [7, 11) is -16.4. The Labute approximate surface area is 166 Å². The molecule has 12 N–H and O–H groups in total. The summed E-state index contributed by atoms with van der Waals surface area (Å²) < 4.78 is 111. The molecule has 0 unspecified atom stereocenters. The van der Waals surface area contributed by atoms with Crippen molar-refractivity contribution in [2.45, 2.75) is 4.90 Å². The Hall–Kier alpha value is -1.50. The summed E-state index contributed by atoms with van der Waals surface area (Å²) in [6.07, 6.45) is 0.